The molecule has 0 saturated carbocycles. The molecule has 0 amide bonds. The van der Waals surface area contributed by atoms with Crippen LogP contribution in [0, 0.1) is 9.39 Å². The molecule has 6 heteroatoms. The minimum Gasteiger partial charge on any atom is -0.388 e. The van der Waals surface area contributed by atoms with Gasteiger partial charge in [0.15, 0.2) is 0 Å². The van der Waals surface area contributed by atoms with Crippen LogP contribution in [0.3, 0.4) is 0 Å². The van der Waals surface area contributed by atoms with Gasteiger partial charge in [-0.15, -0.1) is 0 Å². The van der Waals surface area contributed by atoms with Crippen LogP contribution in [-0.2, 0) is 19.9 Å². The van der Waals surface area contributed by atoms with Crippen molar-refractivity contribution in [1.29, 1.82) is 0 Å². The summed E-state index contributed by atoms with van der Waals surface area (Å²) >= 11 is 8.29. The number of hydrogen-bond donors (Lipinski definition) is 1. The van der Waals surface area contributed by atoms with Gasteiger partial charge < -0.3 is 5.11 Å². The fourth-order valence-electron chi connectivity index (χ4n) is 2.11. The average Bonchev–Trinajstić information content (AvgIpc) is 2.66. The van der Waals surface area contributed by atoms with Crippen molar-refractivity contribution in [3.63, 3.8) is 0 Å². The molecule has 0 bridgehead atoms. The van der Waals surface area contributed by atoms with Gasteiger partial charge in [-0.3, -0.25) is 4.68 Å². The van der Waals surface area contributed by atoms with Crippen LogP contribution in [0.2, 0.25) is 5.02 Å². The summed E-state index contributed by atoms with van der Waals surface area (Å²) in [5.74, 6) is -0.308. The van der Waals surface area contributed by atoms with Gasteiger partial charge in [-0.1, -0.05) is 24.6 Å². The van der Waals surface area contributed by atoms with Crippen LogP contribution in [0.15, 0.2) is 18.2 Å². The van der Waals surface area contributed by atoms with Crippen molar-refractivity contribution in [2.24, 2.45) is 7.05 Å². The Morgan fingerprint density at radius 2 is 2.20 bits per heavy atom. The number of halogens is 3. The summed E-state index contributed by atoms with van der Waals surface area (Å²) in [5, 5.41) is 15.3. The van der Waals surface area contributed by atoms with Crippen LogP contribution in [0.1, 0.15) is 30.0 Å². The maximum absolute atomic E-state index is 13.1. The van der Waals surface area contributed by atoms with Gasteiger partial charge in [0.1, 0.15) is 5.82 Å². The maximum atomic E-state index is 13.1. The highest BCUT2D eigenvalue weighted by Gasteiger charge is 2.19. The summed E-state index contributed by atoms with van der Waals surface area (Å²) in [5.41, 5.74) is 2.31. The predicted molar refractivity (Wildman–Crippen MR) is 85.4 cm³/mol. The average molecular weight is 409 g/mol. The molecular formula is C14H15ClFIN2O. The SMILES string of the molecule is CCc1nn(C)c(CC(O)c2ccc(F)cc2I)c1Cl. The Labute approximate surface area is 135 Å². The van der Waals surface area contributed by atoms with E-state index in [9.17, 15) is 9.50 Å². The Morgan fingerprint density at radius 1 is 1.50 bits per heavy atom. The van der Waals surface area contributed by atoms with Crippen molar-refractivity contribution in [1.82, 2.24) is 9.78 Å². The molecule has 1 unspecified atom stereocenters. The summed E-state index contributed by atoms with van der Waals surface area (Å²) in [6, 6.07) is 4.36. The topological polar surface area (TPSA) is 38.0 Å². The molecule has 0 aliphatic rings. The Hall–Kier alpha value is -0.660. The van der Waals surface area contributed by atoms with E-state index in [1.165, 1.54) is 12.1 Å². The van der Waals surface area contributed by atoms with E-state index in [1.807, 2.05) is 36.6 Å². The molecule has 1 N–H and O–H groups in total. The highest BCUT2D eigenvalue weighted by molar-refractivity contribution is 14.1. The summed E-state index contributed by atoms with van der Waals surface area (Å²) in [4.78, 5) is 0. The van der Waals surface area contributed by atoms with E-state index in [1.54, 1.807) is 10.7 Å². The lowest BCUT2D eigenvalue weighted by molar-refractivity contribution is 0.175. The van der Waals surface area contributed by atoms with Gasteiger partial charge in [-0.05, 0) is 46.7 Å². The molecule has 0 aliphatic carbocycles. The second-order valence-corrected chi connectivity index (χ2v) is 6.11. The Bertz CT molecular complexity index is 630. The number of rotatable bonds is 4. The second kappa shape index (κ2) is 6.41. The van der Waals surface area contributed by atoms with Crippen molar-refractivity contribution < 1.29 is 9.50 Å². The first kappa shape index (κ1) is 15.7. The highest BCUT2D eigenvalue weighted by Crippen LogP contribution is 2.28. The van der Waals surface area contributed by atoms with Crippen LogP contribution in [0.25, 0.3) is 0 Å². The van der Waals surface area contributed by atoms with Gasteiger partial charge in [0.25, 0.3) is 0 Å². The summed E-state index contributed by atoms with van der Waals surface area (Å²) in [7, 11) is 1.81. The Balaban J connectivity index is 2.27. The van der Waals surface area contributed by atoms with E-state index in [2.05, 4.69) is 5.10 Å². The van der Waals surface area contributed by atoms with Crippen LogP contribution < -0.4 is 0 Å². The maximum Gasteiger partial charge on any atom is 0.124 e. The third-order valence-electron chi connectivity index (χ3n) is 3.21. The minimum absolute atomic E-state index is 0.308. The third-order valence-corrected chi connectivity index (χ3v) is 4.58. The van der Waals surface area contributed by atoms with E-state index in [-0.39, 0.29) is 5.82 Å². The number of aryl methyl sites for hydroxylation is 2. The minimum atomic E-state index is -0.736. The molecule has 1 atom stereocenters. The molecule has 2 aromatic rings. The van der Waals surface area contributed by atoms with Gasteiger partial charge >= 0.3 is 0 Å². The van der Waals surface area contributed by atoms with E-state index >= 15 is 0 Å². The highest BCUT2D eigenvalue weighted by atomic mass is 127. The first-order chi connectivity index (χ1) is 9.43. The van der Waals surface area contributed by atoms with Gasteiger partial charge in [-0.2, -0.15) is 5.10 Å². The normalized spacial score (nSPS) is 12.7. The molecule has 2 rings (SSSR count). The zero-order valence-corrected chi connectivity index (χ0v) is 14.1. The van der Waals surface area contributed by atoms with E-state index in [4.69, 9.17) is 11.6 Å². The Kier molecular flexibility index (Phi) is 5.04. The van der Waals surface area contributed by atoms with Crippen molar-refractivity contribution in [2.45, 2.75) is 25.9 Å². The number of aliphatic hydroxyl groups excluding tert-OH is 1. The second-order valence-electron chi connectivity index (χ2n) is 4.57. The molecule has 1 aromatic heterocycles. The number of nitrogens with zero attached hydrogens (tertiary/aromatic N) is 2. The fourth-order valence-corrected chi connectivity index (χ4v) is 3.31. The monoisotopic (exact) mass is 408 g/mol. The first-order valence-electron chi connectivity index (χ1n) is 6.27. The van der Waals surface area contributed by atoms with Gasteiger partial charge in [0.05, 0.1) is 22.5 Å². The van der Waals surface area contributed by atoms with Crippen molar-refractivity contribution in [3.8, 4) is 0 Å². The molecule has 0 radical (unpaired) electrons. The van der Waals surface area contributed by atoms with Gasteiger partial charge in [0, 0.05) is 17.0 Å². The summed E-state index contributed by atoms with van der Waals surface area (Å²) in [6.45, 7) is 1.98. The van der Waals surface area contributed by atoms with Crippen molar-refractivity contribution in [2.75, 3.05) is 0 Å². The van der Waals surface area contributed by atoms with Crippen molar-refractivity contribution in [3.05, 3.63) is 49.6 Å². The molecule has 3 nitrogen and oxygen atoms in total. The quantitative estimate of drug-likeness (QED) is 0.784. The van der Waals surface area contributed by atoms with E-state index in [0.717, 1.165) is 17.8 Å². The molecule has 1 heterocycles. The number of aromatic nitrogens is 2. The lowest BCUT2D eigenvalue weighted by Gasteiger charge is -2.13. The number of benzene rings is 1. The zero-order valence-electron chi connectivity index (χ0n) is 11.2. The van der Waals surface area contributed by atoms with Crippen LogP contribution in [0.5, 0.6) is 0 Å². The van der Waals surface area contributed by atoms with Crippen LogP contribution in [0.4, 0.5) is 4.39 Å². The summed E-state index contributed by atoms with van der Waals surface area (Å²) < 4.78 is 15.5. The molecule has 0 aliphatic heterocycles. The zero-order chi connectivity index (χ0) is 14.9. The van der Waals surface area contributed by atoms with Gasteiger partial charge in [-0.25, -0.2) is 4.39 Å². The molecule has 0 fully saturated rings. The van der Waals surface area contributed by atoms with E-state index in [0.29, 0.717) is 20.6 Å². The molecule has 0 spiro atoms. The largest absolute Gasteiger partial charge is 0.388 e. The summed E-state index contributed by atoms with van der Waals surface area (Å²) in [6.07, 6.45) is 0.362. The first-order valence-corrected chi connectivity index (χ1v) is 7.73. The number of hydrogen-bond acceptors (Lipinski definition) is 2. The fraction of sp³-hybridized carbons (Fsp3) is 0.357. The van der Waals surface area contributed by atoms with Crippen LogP contribution in [-0.4, -0.2) is 14.9 Å². The lowest BCUT2D eigenvalue weighted by Crippen LogP contribution is -2.08. The third kappa shape index (κ3) is 3.15. The van der Waals surface area contributed by atoms with Crippen LogP contribution >= 0.6 is 34.2 Å². The smallest absolute Gasteiger partial charge is 0.124 e. The predicted octanol–water partition coefficient (Wildman–Crippen LogP) is 3.66. The molecule has 1 aromatic carbocycles. The standard InChI is InChI=1S/C14H15ClFIN2O/c1-3-11-14(15)12(19(2)18-11)7-13(20)9-5-4-8(16)6-10(9)17/h4-6,13,20H,3,7H2,1-2H3. The molecule has 108 valence electrons. The lowest BCUT2D eigenvalue weighted by atomic mass is 10.0. The van der Waals surface area contributed by atoms with Gasteiger partial charge in [0.2, 0.25) is 0 Å². The van der Waals surface area contributed by atoms with Crippen molar-refractivity contribution >= 4 is 34.2 Å². The number of aliphatic hydroxyl groups is 1. The molecule has 20 heavy (non-hydrogen) atoms. The Morgan fingerprint density at radius 3 is 2.75 bits per heavy atom. The molecule has 0 saturated heterocycles. The molecular weight excluding hydrogens is 394 g/mol. The van der Waals surface area contributed by atoms with E-state index < -0.39 is 6.10 Å².